The Morgan fingerprint density at radius 2 is 2.31 bits per heavy atom. The lowest BCUT2D eigenvalue weighted by molar-refractivity contribution is -0.107. The number of rotatable bonds is 5. The number of carbonyl (C=O) groups is 1. The molecular weight excluding hydrogens is 208 g/mol. The van der Waals surface area contributed by atoms with Crippen molar-refractivity contribution in [3.8, 4) is 17.2 Å². The van der Waals surface area contributed by atoms with Gasteiger partial charge in [0, 0.05) is 6.42 Å². The molecule has 86 valence electrons. The number of carbonyl (C=O) groups excluding carboxylic acids is 1. The van der Waals surface area contributed by atoms with Crippen LogP contribution >= 0.6 is 0 Å². The lowest BCUT2D eigenvalue weighted by Crippen LogP contribution is -1.93. The van der Waals surface area contributed by atoms with Crippen molar-refractivity contribution in [2.45, 2.75) is 19.3 Å². The average Bonchev–Trinajstić information content (AvgIpc) is 2.76. The van der Waals surface area contributed by atoms with E-state index in [4.69, 9.17) is 14.2 Å². The molecule has 0 saturated heterocycles. The molecule has 0 aliphatic carbocycles. The summed E-state index contributed by atoms with van der Waals surface area (Å²) in [6, 6.07) is 3.87. The van der Waals surface area contributed by atoms with Crippen LogP contribution in [-0.2, 0) is 11.2 Å². The van der Waals surface area contributed by atoms with Gasteiger partial charge in [0.2, 0.25) is 12.5 Å². The first kappa shape index (κ1) is 10.8. The molecule has 0 N–H and O–H groups in total. The standard InChI is InChI=1S/C12H14O4/c1-14-10-6-9(4-2-3-5-13)7-11-12(10)16-8-15-11/h5-7H,2-4,8H2,1H3. The number of aldehydes is 1. The van der Waals surface area contributed by atoms with E-state index in [0.29, 0.717) is 17.9 Å². The molecule has 1 aliphatic rings. The molecule has 0 amide bonds. The van der Waals surface area contributed by atoms with Crippen LogP contribution < -0.4 is 14.2 Å². The highest BCUT2D eigenvalue weighted by Crippen LogP contribution is 2.41. The summed E-state index contributed by atoms with van der Waals surface area (Å²) in [5, 5.41) is 0. The zero-order valence-electron chi connectivity index (χ0n) is 9.19. The minimum absolute atomic E-state index is 0.240. The van der Waals surface area contributed by atoms with Gasteiger partial charge in [-0.25, -0.2) is 0 Å². The van der Waals surface area contributed by atoms with E-state index in [0.717, 1.165) is 30.4 Å². The minimum Gasteiger partial charge on any atom is -0.493 e. The second kappa shape index (κ2) is 4.88. The maximum Gasteiger partial charge on any atom is 0.231 e. The van der Waals surface area contributed by atoms with Crippen LogP contribution in [0.3, 0.4) is 0 Å². The van der Waals surface area contributed by atoms with E-state index < -0.39 is 0 Å². The highest BCUT2D eigenvalue weighted by atomic mass is 16.7. The summed E-state index contributed by atoms with van der Waals surface area (Å²) >= 11 is 0. The predicted molar refractivity (Wildman–Crippen MR) is 58.1 cm³/mol. The zero-order valence-corrected chi connectivity index (χ0v) is 9.19. The fourth-order valence-corrected chi connectivity index (χ4v) is 1.72. The van der Waals surface area contributed by atoms with Crippen LogP contribution in [0.15, 0.2) is 12.1 Å². The first-order valence-electron chi connectivity index (χ1n) is 5.25. The summed E-state index contributed by atoms with van der Waals surface area (Å²) < 4.78 is 15.8. The van der Waals surface area contributed by atoms with Crippen molar-refractivity contribution in [1.29, 1.82) is 0 Å². The molecule has 2 rings (SSSR count). The van der Waals surface area contributed by atoms with Gasteiger partial charge in [-0.15, -0.1) is 0 Å². The number of fused-ring (bicyclic) bond motifs is 1. The largest absolute Gasteiger partial charge is 0.493 e. The van der Waals surface area contributed by atoms with Crippen LogP contribution in [-0.4, -0.2) is 20.2 Å². The molecule has 0 atom stereocenters. The van der Waals surface area contributed by atoms with Crippen LogP contribution in [0.25, 0.3) is 0 Å². The van der Waals surface area contributed by atoms with E-state index in [2.05, 4.69) is 0 Å². The highest BCUT2D eigenvalue weighted by Gasteiger charge is 2.19. The molecule has 0 fully saturated rings. The van der Waals surface area contributed by atoms with Crippen LogP contribution in [0.4, 0.5) is 0 Å². The molecule has 1 aliphatic heterocycles. The van der Waals surface area contributed by atoms with Gasteiger partial charge in [-0.1, -0.05) is 0 Å². The third kappa shape index (κ3) is 2.10. The fourth-order valence-electron chi connectivity index (χ4n) is 1.72. The summed E-state index contributed by atoms with van der Waals surface area (Å²) in [6.07, 6.45) is 3.19. The Bertz CT molecular complexity index is 387. The Kier molecular flexibility index (Phi) is 3.29. The van der Waals surface area contributed by atoms with Crippen molar-refractivity contribution >= 4 is 6.29 Å². The molecule has 1 aromatic rings. The van der Waals surface area contributed by atoms with Gasteiger partial charge in [0.1, 0.15) is 6.29 Å². The number of hydrogen-bond acceptors (Lipinski definition) is 4. The lowest BCUT2D eigenvalue weighted by Gasteiger charge is -2.07. The van der Waals surface area contributed by atoms with E-state index in [-0.39, 0.29) is 6.79 Å². The molecule has 4 nitrogen and oxygen atoms in total. The summed E-state index contributed by atoms with van der Waals surface area (Å²) in [4.78, 5) is 10.2. The minimum atomic E-state index is 0.240. The number of unbranched alkanes of at least 4 members (excludes halogenated alkanes) is 1. The number of ether oxygens (including phenoxy) is 3. The third-order valence-electron chi connectivity index (χ3n) is 2.51. The number of aryl methyl sites for hydroxylation is 1. The number of benzene rings is 1. The first-order valence-corrected chi connectivity index (χ1v) is 5.25. The average molecular weight is 222 g/mol. The van der Waals surface area contributed by atoms with Crippen molar-refractivity contribution in [1.82, 2.24) is 0 Å². The van der Waals surface area contributed by atoms with Crippen molar-refractivity contribution < 1.29 is 19.0 Å². The zero-order chi connectivity index (χ0) is 11.4. The second-order valence-electron chi connectivity index (χ2n) is 3.59. The molecule has 0 spiro atoms. The SMILES string of the molecule is COc1cc(CCCC=O)cc2c1OCO2. The van der Waals surface area contributed by atoms with Crippen molar-refractivity contribution in [3.63, 3.8) is 0 Å². The van der Waals surface area contributed by atoms with Crippen LogP contribution in [0.5, 0.6) is 17.2 Å². The Morgan fingerprint density at radius 3 is 3.06 bits per heavy atom. The van der Waals surface area contributed by atoms with Gasteiger partial charge in [-0.05, 0) is 30.5 Å². The van der Waals surface area contributed by atoms with E-state index in [1.807, 2.05) is 12.1 Å². The maximum absolute atomic E-state index is 10.2. The predicted octanol–water partition coefficient (Wildman–Crippen LogP) is 1.95. The molecule has 1 heterocycles. The van der Waals surface area contributed by atoms with Crippen LogP contribution in [0.2, 0.25) is 0 Å². The van der Waals surface area contributed by atoms with Gasteiger partial charge < -0.3 is 19.0 Å². The van der Waals surface area contributed by atoms with Gasteiger partial charge >= 0.3 is 0 Å². The topological polar surface area (TPSA) is 44.8 Å². The van der Waals surface area contributed by atoms with Crippen molar-refractivity contribution in [2.24, 2.45) is 0 Å². The maximum atomic E-state index is 10.2. The quantitative estimate of drug-likeness (QED) is 0.564. The lowest BCUT2D eigenvalue weighted by atomic mass is 10.1. The van der Waals surface area contributed by atoms with E-state index in [9.17, 15) is 4.79 Å². The van der Waals surface area contributed by atoms with Gasteiger partial charge in [0.05, 0.1) is 7.11 Å². The summed E-state index contributed by atoms with van der Waals surface area (Å²) in [7, 11) is 1.60. The molecule has 1 aromatic carbocycles. The second-order valence-corrected chi connectivity index (χ2v) is 3.59. The monoisotopic (exact) mass is 222 g/mol. The molecule has 0 bridgehead atoms. The van der Waals surface area contributed by atoms with Gasteiger partial charge in [0.25, 0.3) is 0 Å². The normalized spacial score (nSPS) is 12.6. The van der Waals surface area contributed by atoms with Gasteiger partial charge in [0.15, 0.2) is 11.5 Å². The first-order chi connectivity index (χ1) is 7.85. The van der Waals surface area contributed by atoms with Crippen LogP contribution in [0, 0.1) is 0 Å². The van der Waals surface area contributed by atoms with E-state index in [1.54, 1.807) is 7.11 Å². The Labute approximate surface area is 94.1 Å². The molecule has 0 radical (unpaired) electrons. The summed E-state index contributed by atoms with van der Waals surface area (Å²) in [5.74, 6) is 2.08. The molecule has 16 heavy (non-hydrogen) atoms. The smallest absolute Gasteiger partial charge is 0.231 e. The molecule has 0 aromatic heterocycles. The van der Waals surface area contributed by atoms with Gasteiger partial charge in [-0.3, -0.25) is 0 Å². The molecule has 0 saturated carbocycles. The van der Waals surface area contributed by atoms with Crippen molar-refractivity contribution in [2.75, 3.05) is 13.9 Å². The Morgan fingerprint density at radius 1 is 1.44 bits per heavy atom. The van der Waals surface area contributed by atoms with E-state index in [1.165, 1.54) is 0 Å². The summed E-state index contributed by atoms with van der Waals surface area (Å²) in [6.45, 7) is 0.240. The van der Waals surface area contributed by atoms with Gasteiger partial charge in [-0.2, -0.15) is 0 Å². The molecule has 4 heteroatoms. The Balaban J connectivity index is 2.17. The van der Waals surface area contributed by atoms with E-state index >= 15 is 0 Å². The third-order valence-corrected chi connectivity index (χ3v) is 2.51. The highest BCUT2D eigenvalue weighted by molar-refractivity contribution is 5.55. The molecule has 0 unspecified atom stereocenters. The molecular formula is C12H14O4. The van der Waals surface area contributed by atoms with Crippen molar-refractivity contribution in [3.05, 3.63) is 17.7 Å². The number of hydrogen-bond donors (Lipinski definition) is 0. The number of methoxy groups -OCH3 is 1. The Hall–Kier alpha value is -1.71. The fraction of sp³-hybridized carbons (Fsp3) is 0.417. The summed E-state index contributed by atoms with van der Waals surface area (Å²) in [5.41, 5.74) is 1.10. The van der Waals surface area contributed by atoms with Crippen LogP contribution in [0.1, 0.15) is 18.4 Å².